The molecule has 33 heavy (non-hydrogen) atoms. The van der Waals surface area contributed by atoms with Crippen LogP contribution in [-0.2, 0) is 14.3 Å². The minimum atomic E-state index is -1.92. The lowest BCUT2D eigenvalue weighted by Gasteiger charge is -2.34. The second-order valence-electron chi connectivity index (χ2n) is 7.15. The van der Waals surface area contributed by atoms with Gasteiger partial charge in [0.15, 0.2) is 0 Å². The molecule has 0 bridgehead atoms. The highest BCUT2D eigenvalue weighted by Crippen LogP contribution is 2.28. The van der Waals surface area contributed by atoms with Crippen molar-refractivity contribution in [3.63, 3.8) is 0 Å². The molecule has 0 unspecified atom stereocenters. The zero-order chi connectivity index (χ0) is 23.3. The highest BCUT2D eigenvalue weighted by atomic mass is 16.5. The Labute approximate surface area is 189 Å². The van der Waals surface area contributed by atoms with Gasteiger partial charge in [-0.1, -0.05) is 0 Å². The lowest BCUT2D eigenvalue weighted by molar-refractivity contribution is -0.153. The number of aromatic nitrogens is 2. The summed E-state index contributed by atoms with van der Waals surface area (Å²) in [6.07, 6.45) is 5.19. The zero-order valence-electron chi connectivity index (χ0n) is 17.8. The van der Waals surface area contributed by atoms with E-state index in [0.29, 0.717) is 18.1 Å². The van der Waals surface area contributed by atoms with Crippen molar-refractivity contribution in [2.45, 2.75) is 18.9 Å². The topological polar surface area (TPSA) is 121 Å². The van der Waals surface area contributed by atoms with Crippen LogP contribution in [0.4, 0.5) is 4.79 Å². The average molecular weight is 450 g/mol. The number of imidazole rings is 1. The van der Waals surface area contributed by atoms with Crippen LogP contribution in [0.25, 0.3) is 5.69 Å². The SMILES string of the molecule is CCOCCC1(Oc2ccc(Oc3ccc(-n4ccnc4)cc3)cc2)C(=O)NC(=O)NC1=O. The summed E-state index contributed by atoms with van der Waals surface area (Å²) in [6, 6.07) is 13.0. The molecule has 3 aromatic rings. The van der Waals surface area contributed by atoms with E-state index < -0.39 is 23.4 Å². The first-order chi connectivity index (χ1) is 16.0. The monoisotopic (exact) mass is 450 g/mol. The number of amides is 4. The molecule has 1 fully saturated rings. The first kappa shape index (κ1) is 22.0. The van der Waals surface area contributed by atoms with Gasteiger partial charge in [0.05, 0.1) is 12.9 Å². The maximum absolute atomic E-state index is 12.6. The Morgan fingerprint density at radius 2 is 1.52 bits per heavy atom. The fourth-order valence-electron chi connectivity index (χ4n) is 3.28. The van der Waals surface area contributed by atoms with Crippen molar-refractivity contribution < 1.29 is 28.6 Å². The van der Waals surface area contributed by atoms with E-state index >= 15 is 0 Å². The summed E-state index contributed by atoms with van der Waals surface area (Å²) >= 11 is 0. The third-order valence-electron chi connectivity index (χ3n) is 4.98. The van der Waals surface area contributed by atoms with E-state index in [2.05, 4.69) is 15.6 Å². The molecule has 1 aliphatic rings. The van der Waals surface area contributed by atoms with Crippen LogP contribution in [-0.4, -0.2) is 46.2 Å². The smallest absolute Gasteiger partial charge is 0.328 e. The molecule has 1 saturated heterocycles. The molecule has 0 spiro atoms. The number of benzene rings is 2. The Hall–Kier alpha value is -4.18. The molecule has 0 saturated carbocycles. The summed E-state index contributed by atoms with van der Waals surface area (Å²) in [5.74, 6) is -0.253. The van der Waals surface area contributed by atoms with Crippen molar-refractivity contribution in [3.05, 3.63) is 67.3 Å². The van der Waals surface area contributed by atoms with Crippen LogP contribution >= 0.6 is 0 Å². The van der Waals surface area contributed by atoms with Gasteiger partial charge >= 0.3 is 6.03 Å². The van der Waals surface area contributed by atoms with Gasteiger partial charge in [0.2, 0.25) is 0 Å². The van der Waals surface area contributed by atoms with Gasteiger partial charge in [0, 0.05) is 31.1 Å². The molecule has 10 heteroatoms. The van der Waals surface area contributed by atoms with E-state index in [4.69, 9.17) is 14.2 Å². The molecule has 4 rings (SSSR count). The Balaban J connectivity index is 1.46. The number of barbiturate groups is 1. The minimum absolute atomic E-state index is 0.0622. The molecular weight excluding hydrogens is 428 g/mol. The number of urea groups is 1. The first-order valence-electron chi connectivity index (χ1n) is 10.3. The molecule has 2 N–H and O–H groups in total. The largest absolute Gasteiger partial charge is 0.467 e. The predicted molar refractivity (Wildman–Crippen MR) is 116 cm³/mol. The summed E-state index contributed by atoms with van der Waals surface area (Å²) in [5.41, 5.74) is -0.974. The standard InChI is InChI=1S/C23H22N4O6/c1-2-31-14-11-23(20(28)25-22(30)26-21(23)29)33-19-9-7-18(8-10-19)32-17-5-3-16(4-6-17)27-13-12-24-15-27/h3-10,12-13,15H,2,11,14H2,1H3,(H2,25,26,28,29,30). The first-order valence-corrected chi connectivity index (χ1v) is 10.3. The highest BCUT2D eigenvalue weighted by molar-refractivity contribution is 6.21. The van der Waals surface area contributed by atoms with Gasteiger partial charge < -0.3 is 18.8 Å². The lowest BCUT2D eigenvalue weighted by atomic mass is 9.95. The van der Waals surface area contributed by atoms with E-state index in [1.165, 1.54) is 0 Å². The molecule has 0 atom stereocenters. The van der Waals surface area contributed by atoms with Crippen LogP contribution in [0.3, 0.4) is 0 Å². The van der Waals surface area contributed by atoms with E-state index in [0.717, 1.165) is 5.69 Å². The number of hydrogen-bond donors (Lipinski definition) is 2. The predicted octanol–water partition coefficient (Wildman–Crippen LogP) is 2.57. The number of nitrogens with one attached hydrogen (secondary N) is 2. The van der Waals surface area contributed by atoms with Gasteiger partial charge in [0.25, 0.3) is 17.4 Å². The Bertz CT molecular complexity index is 1110. The average Bonchev–Trinajstić information content (AvgIpc) is 3.34. The lowest BCUT2D eigenvalue weighted by Crippen LogP contribution is -2.69. The van der Waals surface area contributed by atoms with Crippen molar-refractivity contribution in [3.8, 4) is 22.9 Å². The van der Waals surface area contributed by atoms with Crippen LogP contribution in [0.15, 0.2) is 67.3 Å². The molecule has 0 aliphatic carbocycles. The Morgan fingerprint density at radius 3 is 2.09 bits per heavy atom. The quantitative estimate of drug-likeness (QED) is 0.380. The third kappa shape index (κ3) is 4.85. The van der Waals surface area contributed by atoms with E-state index in [1.807, 2.05) is 35.0 Å². The molecule has 170 valence electrons. The van der Waals surface area contributed by atoms with E-state index in [9.17, 15) is 14.4 Å². The van der Waals surface area contributed by atoms with Crippen molar-refractivity contribution >= 4 is 17.8 Å². The van der Waals surface area contributed by atoms with Crippen LogP contribution in [0.1, 0.15) is 13.3 Å². The number of hydrogen-bond acceptors (Lipinski definition) is 7. The molecule has 4 amide bonds. The van der Waals surface area contributed by atoms with Gasteiger partial charge in [-0.2, -0.15) is 0 Å². The molecule has 2 aromatic carbocycles. The van der Waals surface area contributed by atoms with Crippen LogP contribution in [0.5, 0.6) is 17.2 Å². The molecule has 1 aromatic heterocycles. The number of rotatable bonds is 9. The van der Waals surface area contributed by atoms with Crippen molar-refractivity contribution in [1.29, 1.82) is 0 Å². The van der Waals surface area contributed by atoms with Crippen LogP contribution in [0.2, 0.25) is 0 Å². The maximum Gasteiger partial charge on any atom is 0.328 e. The number of nitrogens with zero attached hydrogens (tertiary/aromatic N) is 2. The number of carbonyl (C=O) groups excluding carboxylic acids is 3. The van der Waals surface area contributed by atoms with Crippen LogP contribution in [0, 0.1) is 0 Å². The van der Waals surface area contributed by atoms with Crippen molar-refractivity contribution in [2.24, 2.45) is 0 Å². The van der Waals surface area contributed by atoms with Gasteiger partial charge in [-0.25, -0.2) is 9.78 Å². The van der Waals surface area contributed by atoms with Crippen molar-refractivity contribution in [1.82, 2.24) is 20.2 Å². The van der Waals surface area contributed by atoms with Gasteiger partial charge in [-0.3, -0.25) is 20.2 Å². The Kier molecular flexibility index (Phi) is 6.36. The number of ether oxygens (including phenoxy) is 3. The third-order valence-corrected chi connectivity index (χ3v) is 4.98. The van der Waals surface area contributed by atoms with E-state index in [-0.39, 0.29) is 18.8 Å². The van der Waals surface area contributed by atoms with E-state index in [1.54, 1.807) is 43.7 Å². The maximum atomic E-state index is 12.6. The Morgan fingerprint density at radius 1 is 0.909 bits per heavy atom. The van der Waals surface area contributed by atoms with Crippen LogP contribution < -0.4 is 20.1 Å². The summed E-state index contributed by atoms with van der Waals surface area (Å²) in [5, 5.41) is 4.17. The molecule has 2 heterocycles. The second kappa shape index (κ2) is 9.53. The zero-order valence-corrected chi connectivity index (χ0v) is 17.8. The molecule has 0 radical (unpaired) electrons. The summed E-state index contributed by atoms with van der Waals surface area (Å²) < 4.78 is 18.8. The summed E-state index contributed by atoms with van der Waals surface area (Å²) in [4.78, 5) is 40.6. The number of imide groups is 2. The summed E-state index contributed by atoms with van der Waals surface area (Å²) in [7, 11) is 0. The number of carbonyl (C=O) groups is 3. The molecule has 1 aliphatic heterocycles. The fourth-order valence-corrected chi connectivity index (χ4v) is 3.28. The highest BCUT2D eigenvalue weighted by Gasteiger charge is 2.52. The summed E-state index contributed by atoms with van der Waals surface area (Å²) in [6.45, 7) is 2.30. The fraction of sp³-hybridized carbons (Fsp3) is 0.217. The minimum Gasteiger partial charge on any atom is -0.467 e. The molecular formula is C23H22N4O6. The van der Waals surface area contributed by atoms with Gasteiger partial charge in [-0.15, -0.1) is 0 Å². The molecule has 10 nitrogen and oxygen atoms in total. The normalized spacial score (nSPS) is 15.0. The van der Waals surface area contributed by atoms with Crippen molar-refractivity contribution in [2.75, 3.05) is 13.2 Å². The van der Waals surface area contributed by atoms with Gasteiger partial charge in [-0.05, 0) is 55.5 Å². The van der Waals surface area contributed by atoms with Gasteiger partial charge in [0.1, 0.15) is 17.2 Å². The second-order valence-corrected chi connectivity index (χ2v) is 7.15.